The average Bonchev–Trinajstić information content (AvgIpc) is 3.36. The first-order chi connectivity index (χ1) is 22.2. The van der Waals surface area contributed by atoms with E-state index in [-0.39, 0.29) is 6.42 Å². The van der Waals surface area contributed by atoms with Gasteiger partial charge in [-0.25, -0.2) is 4.79 Å². The molecule has 46 heavy (non-hydrogen) atoms. The van der Waals surface area contributed by atoms with Crippen LogP contribution in [0.2, 0.25) is 0 Å². The van der Waals surface area contributed by atoms with E-state index in [1.165, 1.54) is 0 Å². The van der Waals surface area contributed by atoms with Gasteiger partial charge >= 0.3 is 5.97 Å². The monoisotopic (exact) mass is 652 g/mol. The van der Waals surface area contributed by atoms with Crippen LogP contribution in [-0.2, 0) is 35.3 Å². The van der Waals surface area contributed by atoms with Crippen LogP contribution >= 0.6 is 23.2 Å². The first kappa shape index (κ1) is 30.2. The highest BCUT2D eigenvalue weighted by molar-refractivity contribution is 6.36. The molecule has 1 N–H and O–H groups in total. The number of alkyl halides is 2. The van der Waals surface area contributed by atoms with Gasteiger partial charge in [-0.1, -0.05) is 85.8 Å². The summed E-state index contributed by atoms with van der Waals surface area (Å²) in [5.74, 6) is -4.14. The second-order valence-corrected chi connectivity index (χ2v) is 13.1. The molecule has 1 aliphatic heterocycles. The van der Waals surface area contributed by atoms with Gasteiger partial charge in [0.05, 0.1) is 24.0 Å². The normalized spacial score (nSPS) is 24.5. The lowest BCUT2D eigenvalue weighted by Gasteiger charge is -2.54. The number of anilines is 1. The number of nitrogens with one attached hydrogen (secondary N) is 1. The number of hydrogen-bond donors (Lipinski definition) is 1. The molecule has 232 valence electrons. The van der Waals surface area contributed by atoms with E-state index in [0.29, 0.717) is 46.5 Å². The van der Waals surface area contributed by atoms with Crippen molar-refractivity contribution in [3.05, 3.63) is 137 Å². The fraction of sp³-hybridized carbons (Fsp3) is 0.243. The lowest BCUT2D eigenvalue weighted by molar-refractivity contribution is -0.146. The van der Waals surface area contributed by atoms with Crippen LogP contribution in [0.25, 0.3) is 0 Å². The van der Waals surface area contributed by atoms with Crippen LogP contribution in [0.1, 0.15) is 51.5 Å². The Kier molecular flexibility index (Phi) is 7.49. The highest BCUT2D eigenvalue weighted by atomic mass is 35.5. The minimum absolute atomic E-state index is 0.0789. The Morgan fingerprint density at radius 2 is 1.24 bits per heavy atom. The third-order valence-electron chi connectivity index (χ3n) is 9.33. The smallest absolute Gasteiger partial charge is 0.338 e. The number of benzene rings is 4. The second-order valence-electron chi connectivity index (χ2n) is 11.9. The van der Waals surface area contributed by atoms with Gasteiger partial charge in [0.25, 0.3) is 0 Å². The maximum atomic E-state index is 14.6. The zero-order valence-electron chi connectivity index (χ0n) is 24.9. The number of nitrogens with zero attached hydrogens (tertiary/aromatic N) is 1. The summed E-state index contributed by atoms with van der Waals surface area (Å²) in [6.45, 7) is 2.21. The molecule has 4 aliphatic rings. The van der Waals surface area contributed by atoms with Crippen LogP contribution in [-0.4, -0.2) is 41.2 Å². The summed E-state index contributed by atoms with van der Waals surface area (Å²) < 4.78 is 5.20. The number of rotatable bonds is 8. The molecule has 1 saturated heterocycles. The Morgan fingerprint density at radius 1 is 0.761 bits per heavy atom. The van der Waals surface area contributed by atoms with Gasteiger partial charge in [-0.2, -0.15) is 0 Å². The predicted molar refractivity (Wildman–Crippen MR) is 175 cm³/mol. The Morgan fingerprint density at radius 3 is 1.72 bits per heavy atom. The first-order valence-electron chi connectivity index (χ1n) is 15.3. The van der Waals surface area contributed by atoms with E-state index in [4.69, 9.17) is 27.9 Å². The van der Waals surface area contributed by atoms with Gasteiger partial charge in [0.2, 0.25) is 17.7 Å². The molecule has 3 atom stereocenters. The summed E-state index contributed by atoms with van der Waals surface area (Å²) in [6.07, 6.45) is 0.779. The van der Waals surface area contributed by atoms with Gasteiger partial charge in [0.15, 0.2) is 0 Å². The Balaban J connectivity index is 1.27. The van der Waals surface area contributed by atoms with Crippen molar-refractivity contribution in [3.63, 3.8) is 0 Å². The lowest BCUT2D eigenvalue weighted by Crippen LogP contribution is -2.57. The minimum Gasteiger partial charge on any atom is -0.462 e. The zero-order chi connectivity index (χ0) is 32.2. The number of hydrogen-bond acceptors (Lipinski definition) is 5. The zero-order valence-corrected chi connectivity index (χ0v) is 26.4. The number of amides is 3. The molecule has 2 bridgehead atoms. The van der Waals surface area contributed by atoms with Crippen LogP contribution in [0.3, 0.4) is 0 Å². The molecule has 3 aliphatic carbocycles. The topological polar surface area (TPSA) is 92.8 Å². The molecular weight excluding hydrogens is 623 g/mol. The van der Waals surface area contributed by atoms with E-state index in [1.54, 1.807) is 24.3 Å². The van der Waals surface area contributed by atoms with Crippen molar-refractivity contribution >= 4 is 52.6 Å². The third kappa shape index (κ3) is 4.40. The van der Waals surface area contributed by atoms with Crippen LogP contribution in [0.15, 0.2) is 103 Å². The Labute approximate surface area is 276 Å². The number of ether oxygens (including phenoxy) is 1. The van der Waals surface area contributed by atoms with Crippen molar-refractivity contribution in [2.24, 2.45) is 11.8 Å². The van der Waals surface area contributed by atoms with Gasteiger partial charge in [0.1, 0.15) is 15.8 Å². The minimum atomic E-state index is -1.36. The molecule has 1 fully saturated rings. The van der Waals surface area contributed by atoms with E-state index in [0.717, 1.165) is 10.5 Å². The first-order valence-corrected chi connectivity index (χ1v) is 16.0. The highest BCUT2D eigenvalue weighted by Gasteiger charge is 2.73. The van der Waals surface area contributed by atoms with Crippen LogP contribution in [0, 0.1) is 11.8 Å². The number of esters is 1. The molecule has 0 spiro atoms. The van der Waals surface area contributed by atoms with E-state index in [9.17, 15) is 19.2 Å². The molecule has 8 rings (SSSR count). The van der Waals surface area contributed by atoms with Gasteiger partial charge in [0, 0.05) is 12.1 Å². The fourth-order valence-corrected chi connectivity index (χ4v) is 8.43. The number of carbonyl (C=O) groups is 4. The standard InChI is InChI=1S/C37H30Cl2N2O5/c1-2-20-46-35(45)23-16-18-24(19-17-23)40-32(42)29(21-22-10-4-3-5-11-22)41-33(43)30-31(34(41)44)37(39)26-13-7-6-12-25(26)36(30,38)27-14-8-9-15-28(27)37/h3-19,29-31H,2,20-21H2,1H3,(H,40,42)/t29-,30-,31+,36?,37?/m1/s1. The van der Waals surface area contributed by atoms with Crippen molar-refractivity contribution < 1.29 is 23.9 Å². The number of imide groups is 1. The molecule has 7 nitrogen and oxygen atoms in total. The van der Waals surface area contributed by atoms with Crippen molar-refractivity contribution in [1.82, 2.24) is 4.90 Å². The number of carbonyl (C=O) groups excluding carboxylic acids is 4. The summed E-state index contributed by atoms with van der Waals surface area (Å²) in [4.78, 5) is 54.0. The molecule has 3 amide bonds. The summed E-state index contributed by atoms with van der Waals surface area (Å²) >= 11 is 15.2. The quantitative estimate of drug-likeness (QED) is 0.135. The number of halogens is 2. The van der Waals surface area contributed by atoms with Crippen molar-refractivity contribution in [2.45, 2.75) is 35.6 Å². The van der Waals surface area contributed by atoms with E-state index in [2.05, 4.69) is 5.32 Å². The van der Waals surface area contributed by atoms with E-state index >= 15 is 0 Å². The molecule has 9 heteroatoms. The Bertz CT molecular complexity index is 1750. The largest absolute Gasteiger partial charge is 0.462 e. The van der Waals surface area contributed by atoms with Crippen LogP contribution < -0.4 is 5.32 Å². The average molecular weight is 654 g/mol. The molecule has 0 radical (unpaired) electrons. The highest BCUT2D eigenvalue weighted by Crippen LogP contribution is 2.69. The summed E-state index contributed by atoms with van der Waals surface area (Å²) in [5.41, 5.74) is 4.27. The van der Waals surface area contributed by atoms with Crippen molar-refractivity contribution in [3.8, 4) is 0 Å². The molecular formula is C37H30Cl2N2O5. The molecule has 1 heterocycles. The molecule has 0 unspecified atom stereocenters. The molecule has 0 saturated carbocycles. The van der Waals surface area contributed by atoms with Gasteiger partial charge < -0.3 is 10.1 Å². The predicted octanol–water partition coefficient (Wildman–Crippen LogP) is 6.40. The van der Waals surface area contributed by atoms with Crippen LogP contribution in [0.5, 0.6) is 0 Å². The number of likely N-dealkylation sites (tertiary alicyclic amines) is 1. The SMILES string of the molecule is CCCOC(=O)c1ccc(NC(=O)[C@@H](Cc2ccccc2)N2C(=O)[C@@H]3[C@H](C2=O)C2(Cl)c4ccccc4C3(Cl)c3ccccc32)cc1. The van der Waals surface area contributed by atoms with E-state index in [1.807, 2.05) is 85.8 Å². The van der Waals surface area contributed by atoms with Gasteiger partial charge in [-0.15, -0.1) is 23.2 Å². The lowest BCUT2D eigenvalue weighted by atomic mass is 9.54. The van der Waals surface area contributed by atoms with Crippen molar-refractivity contribution in [1.29, 1.82) is 0 Å². The maximum Gasteiger partial charge on any atom is 0.338 e. The van der Waals surface area contributed by atoms with Gasteiger partial charge in [-0.05, 0) is 58.5 Å². The molecule has 4 aromatic rings. The van der Waals surface area contributed by atoms with Gasteiger partial charge in [-0.3, -0.25) is 19.3 Å². The molecule has 4 aromatic carbocycles. The van der Waals surface area contributed by atoms with Crippen LogP contribution in [0.4, 0.5) is 5.69 Å². The van der Waals surface area contributed by atoms with Crippen molar-refractivity contribution in [2.75, 3.05) is 11.9 Å². The third-order valence-corrected chi connectivity index (χ3v) is 10.6. The summed E-state index contributed by atoms with van der Waals surface area (Å²) in [7, 11) is 0. The summed E-state index contributed by atoms with van der Waals surface area (Å²) in [5, 5.41) is 2.86. The maximum absolute atomic E-state index is 14.6. The Hall–Kier alpha value is -4.46. The summed E-state index contributed by atoms with van der Waals surface area (Å²) in [6, 6.07) is 29.1. The van der Waals surface area contributed by atoms with E-state index < -0.39 is 51.3 Å². The second kappa shape index (κ2) is 11.4. The fourth-order valence-electron chi connectivity index (χ4n) is 7.33. The molecule has 0 aromatic heterocycles.